The number of carbonyl (C=O) groups is 1. The lowest BCUT2D eigenvalue weighted by atomic mass is 9.93. The Kier molecular flexibility index (Phi) is 13.0. The molecule has 0 aliphatic carbocycles. The van der Waals surface area contributed by atoms with Gasteiger partial charge in [-0.05, 0) is 88.2 Å². The standard InChI is InChI=1S/C35H52O7Si/c1-25-22-26(2)32(34(37)40-20-21-43(6,7)8)28(23-25)12-11-14-31-33(42-35(3,4)41-31)30(36)13-9-10-19-39-24-27-15-17-29(38-5)18-16-27/h9,13,15-18,22-23,30-31,33,36H,10-12,14,19-21,24H2,1-8H3/b13-9-/t30?,31-,33?/m0/s1. The van der Waals surface area contributed by atoms with E-state index in [1.54, 1.807) is 13.2 Å². The van der Waals surface area contributed by atoms with Crippen LogP contribution in [-0.2, 0) is 32.0 Å². The van der Waals surface area contributed by atoms with Gasteiger partial charge in [-0.25, -0.2) is 4.79 Å². The third-order valence-electron chi connectivity index (χ3n) is 7.53. The van der Waals surface area contributed by atoms with Crippen molar-refractivity contribution < 1.29 is 33.6 Å². The molecular formula is C35H52O7Si. The largest absolute Gasteiger partial charge is 0.497 e. The van der Waals surface area contributed by atoms with Gasteiger partial charge in [0.25, 0.3) is 0 Å². The molecule has 0 amide bonds. The molecule has 1 aliphatic rings. The average Bonchev–Trinajstić information content (AvgIpc) is 3.23. The molecule has 3 rings (SSSR count). The fraction of sp³-hybridized carbons (Fsp3) is 0.571. The highest BCUT2D eigenvalue weighted by Crippen LogP contribution is 2.33. The normalized spacial score (nSPS) is 19.1. The first-order valence-electron chi connectivity index (χ1n) is 15.5. The van der Waals surface area contributed by atoms with E-state index in [1.807, 2.05) is 57.2 Å². The molecule has 43 heavy (non-hydrogen) atoms. The Morgan fingerprint density at radius 1 is 1.09 bits per heavy atom. The van der Waals surface area contributed by atoms with Crippen LogP contribution >= 0.6 is 0 Å². The first-order chi connectivity index (χ1) is 20.3. The summed E-state index contributed by atoms with van der Waals surface area (Å²) in [4.78, 5) is 13.1. The van der Waals surface area contributed by atoms with Gasteiger partial charge in [0.05, 0.1) is 38.6 Å². The Morgan fingerprint density at radius 3 is 2.49 bits per heavy atom. The van der Waals surface area contributed by atoms with Gasteiger partial charge in [-0.3, -0.25) is 0 Å². The lowest BCUT2D eigenvalue weighted by Crippen LogP contribution is -2.34. The summed E-state index contributed by atoms with van der Waals surface area (Å²) < 4.78 is 29.0. The number of rotatable bonds is 16. The van der Waals surface area contributed by atoms with E-state index in [2.05, 4.69) is 32.6 Å². The van der Waals surface area contributed by atoms with E-state index < -0.39 is 26.1 Å². The van der Waals surface area contributed by atoms with Crippen LogP contribution < -0.4 is 4.74 Å². The number of carbonyl (C=O) groups excluding carboxylic acids is 1. The van der Waals surface area contributed by atoms with Crippen molar-refractivity contribution in [3.63, 3.8) is 0 Å². The molecule has 0 spiro atoms. The molecule has 8 heteroatoms. The van der Waals surface area contributed by atoms with Crippen LogP contribution in [0.3, 0.4) is 0 Å². The van der Waals surface area contributed by atoms with Crippen LogP contribution in [0.4, 0.5) is 0 Å². The lowest BCUT2D eigenvalue weighted by molar-refractivity contribution is -0.152. The third-order valence-corrected chi connectivity index (χ3v) is 9.24. The van der Waals surface area contributed by atoms with Gasteiger partial charge in [0.15, 0.2) is 5.79 Å². The molecule has 3 atom stereocenters. The number of aliphatic hydroxyl groups is 1. The van der Waals surface area contributed by atoms with Gasteiger partial charge < -0.3 is 28.8 Å². The number of benzene rings is 2. The number of hydrogen-bond acceptors (Lipinski definition) is 7. The number of esters is 1. The molecule has 238 valence electrons. The predicted molar refractivity (Wildman–Crippen MR) is 174 cm³/mol. The number of hydrogen-bond donors (Lipinski definition) is 1. The molecule has 2 unspecified atom stereocenters. The minimum absolute atomic E-state index is 0.237. The Morgan fingerprint density at radius 2 is 1.81 bits per heavy atom. The molecule has 1 fully saturated rings. The molecular weight excluding hydrogens is 560 g/mol. The number of aryl methyl sites for hydroxylation is 3. The SMILES string of the molecule is COc1ccc(COCC/C=C\C(O)C2OC(C)(C)O[C@H]2CCCc2cc(C)cc(C)c2C(=O)OCC[Si](C)(C)C)cc1. The van der Waals surface area contributed by atoms with E-state index in [1.165, 1.54) is 0 Å². The van der Waals surface area contributed by atoms with Gasteiger partial charge >= 0.3 is 5.97 Å². The third kappa shape index (κ3) is 11.5. The topological polar surface area (TPSA) is 83.5 Å². The van der Waals surface area contributed by atoms with Crippen LogP contribution in [-0.4, -0.2) is 63.6 Å². The molecule has 1 N–H and O–H groups in total. The molecule has 7 nitrogen and oxygen atoms in total. The summed E-state index contributed by atoms with van der Waals surface area (Å²) in [6, 6.07) is 12.9. The van der Waals surface area contributed by atoms with Crippen molar-refractivity contribution in [3.8, 4) is 5.75 Å². The van der Waals surface area contributed by atoms with Gasteiger partial charge in [-0.1, -0.05) is 61.6 Å². The first-order valence-corrected chi connectivity index (χ1v) is 19.2. The molecule has 1 saturated heterocycles. The van der Waals surface area contributed by atoms with Crippen LogP contribution in [0.1, 0.15) is 65.7 Å². The van der Waals surface area contributed by atoms with Crippen LogP contribution in [0.5, 0.6) is 5.75 Å². The zero-order chi connectivity index (χ0) is 31.6. The van der Waals surface area contributed by atoms with Gasteiger partial charge in [-0.2, -0.15) is 0 Å². The Balaban J connectivity index is 1.52. The fourth-order valence-corrected chi connectivity index (χ4v) is 6.06. The van der Waals surface area contributed by atoms with E-state index in [4.69, 9.17) is 23.7 Å². The summed E-state index contributed by atoms with van der Waals surface area (Å²) >= 11 is 0. The van der Waals surface area contributed by atoms with Gasteiger partial charge in [0.2, 0.25) is 0 Å². The number of ether oxygens (including phenoxy) is 5. The van der Waals surface area contributed by atoms with Crippen LogP contribution in [0.15, 0.2) is 48.6 Å². The summed E-state index contributed by atoms with van der Waals surface area (Å²) in [7, 11) is 0.356. The lowest BCUT2D eigenvalue weighted by Gasteiger charge is -2.21. The Hall–Kier alpha value is -2.49. The van der Waals surface area contributed by atoms with E-state index in [9.17, 15) is 9.90 Å². The molecule has 0 aromatic heterocycles. The van der Waals surface area contributed by atoms with E-state index >= 15 is 0 Å². The summed E-state index contributed by atoms with van der Waals surface area (Å²) in [6.07, 6.45) is 5.04. The van der Waals surface area contributed by atoms with Crippen molar-refractivity contribution in [2.24, 2.45) is 0 Å². The highest BCUT2D eigenvalue weighted by Gasteiger charge is 2.43. The minimum Gasteiger partial charge on any atom is -0.497 e. The molecule has 0 radical (unpaired) electrons. The summed E-state index contributed by atoms with van der Waals surface area (Å²) in [5, 5.41) is 11.0. The molecule has 2 aromatic rings. The molecule has 1 heterocycles. The minimum atomic E-state index is -1.29. The maximum absolute atomic E-state index is 13.1. The quantitative estimate of drug-likeness (QED) is 0.0931. The van der Waals surface area contributed by atoms with Crippen molar-refractivity contribution >= 4 is 14.0 Å². The van der Waals surface area contributed by atoms with Crippen LogP contribution in [0, 0.1) is 13.8 Å². The summed E-state index contributed by atoms with van der Waals surface area (Å²) in [5.74, 6) is -0.196. The first kappa shape index (κ1) is 35.0. The molecule has 2 aromatic carbocycles. The second-order valence-corrected chi connectivity index (χ2v) is 18.8. The van der Waals surface area contributed by atoms with E-state index in [0.717, 1.165) is 40.5 Å². The van der Waals surface area contributed by atoms with Gasteiger partial charge in [-0.15, -0.1) is 0 Å². The van der Waals surface area contributed by atoms with Crippen molar-refractivity contribution in [2.75, 3.05) is 20.3 Å². The van der Waals surface area contributed by atoms with Crippen LogP contribution in [0.25, 0.3) is 0 Å². The summed E-state index contributed by atoms with van der Waals surface area (Å²) in [5.41, 5.74) is 4.83. The fourth-order valence-electron chi connectivity index (χ4n) is 5.34. The second kappa shape index (κ2) is 16.0. The number of aliphatic hydroxyl groups excluding tert-OH is 1. The second-order valence-electron chi connectivity index (χ2n) is 13.2. The van der Waals surface area contributed by atoms with E-state index in [0.29, 0.717) is 44.6 Å². The molecule has 1 aliphatic heterocycles. The zero-order valence-electron chi connectivity index (χ0n) is 27.4. The van der Waals surface area contributed by atoms with Crippen molar-refractivity contribution in [1.29, 1.82) is 0 Å². The maximum Gasteiger partial charge on any atom is 0.338 e. The monoisotopic (exact) mass is 612 g/mol. The Bertz CT molecular complexity index is 1200. The average molecular weight is 613 g/mol. The van der Waals surface area contributed by atoms with Crippen LogP contribution in [0.2, 0.25) is 25.7 Å². The number of methoxy groups -OCH3 is 1. The van der Waals surface area contributed by atoms with Crippen molar-refractivity contribution in [2.45, 2.75) is 110 Å². The highest BCUT2D eigenvalue weighted by atomic mass is 28.3. The predicted octanol–water partition coefficient (Wildman–Crippen LogP) is 7.17. The van der Waals surface area contributed by atoms with E-state index in [-0.39, 0.29) is 12.1 Å². The smallest absolute Gasteiger partial charge is 0.338 e. The molecule has 0 saturated carbocycles. The Labute approximate surface area is 259 Å². The highest BCUT2D eigenvalue weighted by molar-refractivity contribution is 6.76. The van der Waals surface area contributed by atoms with Crippen molar-refractivity contribution in [3.05, 3.63) is 76.4 Å². The molecule has 0 bridgehead atoms. The zero-order valence-corrected chi connectivity index (χ0v) is 28.4. The summed E-state index contributed by atoms with van der Waals surface area (Å²) in [6.45, 7) is 16.1. The van der Waals surface area contributed by atoms with Gasteiger partial charge in [0, 0.05) is 8.07 Å². The van der Waals surface area contributed by atoms with Crippen molar-refractivity contribution in [1.82, 2.24) is 0 Å². The maximum atomic E-state index is 13.1. The van der Waals surface area contributed by atoms with Gasteiger partial charge in [0.1, 0.15) is 18.0 Å².